The van der Waals surface area contributed by atoms with Gasteiger partial charge in [0.05, 0.1) is 15.7 Å². The summed E-state index contributed by atoms with van der Waals surface area (Å²) in [6.45, 7) is 0. The van der Waals surface area contributed by atoms with Crippen LogP contribution in [0.2, 0.25) is 0 Å². The van der Waals surface area contributed by atoms with E-state index in [2.05, 4.69) is 21.2 Å². The van der Waals surface area contributed by atoms with E-state index in [0.29, 0.717) is 5.56 Å². The summed E-state index contributed by atoms with van der Waals surface area (Å²) in [7, 11) is 0. The van der Waals surface area contributed by atoms with E-state index in [9.17, 15) is 9.18 Å². The van der Waals surface area contributed by atoms with E-state index >= 15 is 0 Å². The predicted molar refractivity (Wildman–Crippen MR) is 60.9 cm³/mol. The smallest absolute Gasteiger partial charge is 0.258 e. The van der Waals surface area contributed by atoms with Crippen LogP contribution in [0.5, 0.6) is 0 Å². The number of fused-ring (bicyclic) bond motifs is 1. The van der Waals surface area contributed by atoms with Gasteiger partial charge in [0.2, 0.25) is 0 Å². The van der Waals surface area contributed by atoms with Gasteiger partial charge in [-0.15, -0.1) is 0 Å². The van der Waals surface area contributed by atoms with Crippen molar-refractivity contribution < 1.29 is 9.18 Å². The maximum atomic E-state index is 13.2. The van der Waals surface area contributed by atoms with Crippen molar-refractivity contribution in [3.8, 4) is 12.1 Å². The van der Waals surface area contributed by atoms with Crippen LogP contribution in [-0.4, -0.2) is 5.91 Å². The number of hydrogen-bond acceptors (Lipinski definition) is 3. The molecule has 4 nitrogen and oxygen atoms in total. The number of amides is 1. The van der Waals surface area contributed by atoms with Gasteiger partial charge in [0.25, 0.3) is 5.91 Å². The molecule has 1 N–H and O–H groups in total. The minimum Gasteiger partial charge on any atom is -0.321 e. The van der Waals surface area contributed by atoms with Gasteiger partial charge in [0.15, 0.2) is 0 Å². The van der Waals surface area contributed by atoms with E-state index in [1.807, 2.05) is 0 Å². The molecule has 2 rings (SSSR count). The van der Waals surface area contributed by atoms with Crippen LogP contribution in [0.15, 0.2) is 22.2 Å². The van der Waals surface area contributed by atoms with Gasteiger partial charge in [0, 0.05) is 5.56 Å². The summed E-state index contributed by atoms with van der Waals surface area (Å²) in [6, 6.07) is 5.80. The first kappa shape index (κ1) is 11.3. The van der Waals surface area contributed by atoms with Crippen LogP contribution in [0.4, 0.5) is 10.1 Å². The maximum Gasteiger partial charge on any atom is 0.258 e. The Morgan fingerprint density at radius 2 is 2.00 bits per heavy atom. The lowest BCUT2D eigenvalue weighted by atomic mass is 10.0. The second-order valence-electron chi connectivity index (χ2n) is 3.24. The van der Waals surface area contributed by atoms with Gasteiger partial charge in [-0.2, -0.15) is 10.5 Å². The van der Waals surface area contributed by atoms with Crippen molar-refractivity contribution in [3.63, 3.8) is 0 Å². The molecule has 17 heavy (non-hydrogen) atoms. The molecule has 0 aliphatic carbocycles. The molecule has 1 amide bonds. The van der Waals surface area contributed by atoms with Gasteiger partial charge in [-0.3, -0.25) is 4.79 Å². The number of carbonyl (C=O) groups excluding carboxylic acids is 1. The highest BCUT2D eigenvalue weighted by atomic mass is 79.9. The number of nitriles is 2. The van der Waals surface area contributed by atoms with Crippen LogP contribution in [-0.2, 0) is 4.79 Å². The molecule has 0 aromatic heterocycles. The minimum atomic E-state index is -0.574. The lowest BCUT2D eigenvalue weighted by Crippen LogP contribution is -2.05. The molecule has 6 heteroatoms. The standard InChI is InChI=1S/C11H3BrFN3O/c12-7-1-6-9(2-8(7)13)16-11(17)10(6)5(3-14)4-15/h1-2H,(H,16,17). The fraction of sp³-hybridized carbons (Fsp3) is 0. The molecule has 0 bridgehead atoms. The van der Waals surface area contributed by atoms with Gasteiger partial charge in [-0.25, -0.2) is 4.39 Å². The molecule has 1 aliphatic rings. The molecular formula is C11H3BrFN3O. The van der Waals surface area contributed by atoms with E-state index in [1.54, 1.807) is 12.1 Å². The Hall–Kier alpha value is -2.18. The van der Waals surface area contributed by atoms with Crippen molar-refractivity contribution in [1.82, 2.24) is 0 Å². The highest BCUT2D eigenvalue weighted by molar-refractivity contribution is 9.10. The van der Waals surface area contributed by atoms with Crippen LogP contribution in [0.3, 0.4) is 0 Å². The summed E-state index contributed by atoms with van der Waals surface area (Å²) in [4.78, 5) is 11.6. The van der Waals surface area contributed by atoms with Crippen molar-refractivity contribution in [2.75, 3.05) is 5.32 Å². The van der Waals surface area contributed by atoms with Crippen molar-refractivity contribution in [1.29, 1.82) is 10.5 Å². The SMILES string of the molecule is N#CC(C#N)=C1C(=O)Nc2cc(F)c(Br)cc21. The molecule has 0 spiro atoms. The zero-order valence-corrected chi connectivity index (χ0v) is 9.80. The third-order valence-electron chi connectivity index (χ3n) is 2.28. The highest BCUT2D eigenvalue weighted by Crippen LogP contribution is 2.36. The van der Waals surface area contributed by atoms with Gasteiger partial charge in [-0.1, -0.05) is 0 Å². The van der Waals surface area contributed by atoms with Crippen LogP contribution < -0.4 is 5.32 Å². The average molecular weight is 292 g/mol. The van der Waals surface area contributed by atoms with E-state index in [4.69, 9.17) is 10.5 Å². The van der Waals surface area contributed by atoms with Crippen LogP contribution in [0, 0.1) is 28.5 Å². The Kier molecular flexibility index (Phi) is 2.66. The highest BCUT2D eigenvalue weighted by Gasteiger charge is 2.29. The Balaban J connectivity index is 2.77. The van der Waals surface area contributed by atoms with E-state index in [0.717, 1.165) is 6.07 Å². The first-order valence-corrected chi connectivity index (χ1v) is 5.23. The molecule has 1 aromatic rings. The second kappa shape index (κ2) is 4.00. The monoisotopic (exact) mass is 291 g/mol. The van der Waals surface area contributed by atoms with Gasteiger partial charge in [0.1, 0.15) is 23.5 Å². The molecular weight excluding hydrogens is 289 g/mol. The van der Waals surface area contributed by atoms with Gasteiger partial charge < -0.3 is 5.32 Å². The Labute approximate surface area is 104 Å². The van der Waals surface area contributed by atoms with Crippen LogP contribution in [0.1, 0.15) is 5.56 Å². The van der Waals surface area contributed by atoms with E-state index in [-0.39, 0.29) is 21.3 Å². The average Bonchev–Trinajstić information content (AvgIpc) is 2.59. The number of rotatable bonds is 0. The van der Waals surface area contributed by atoms with E-state index in [1.165, 1.54) is 6.07 Å². The van der Waals surface area contributed by atoms with Gasteiger partial charge in [-0.05, 0) is 28.1 Å². The largest absolute Gasteiger partial charge is 0.321 e. The summed E-state index contributed by atoms with van der Waals surface area (Å²) < 4.78 is 13.4. The number of nitrogens with one attached hydrogen (secondary N) is 1. The molecule has 82 valence electrons. The lowest BCUT2D eigenvalue weighted by Gasteiger charge is -2.00. The number of anilines is 1. The number of benzene rings is 1. The van der Waals surface area contributed by atoms with Crippen LogP contribution >= 0.6 is 15.9 Å². The fourth-order valence-electron chi connectivity index (χ4n) is 1.55. The molecule has 0 atom stereocenters. The first-order chi connectivity index (χ1) is 8.08. The summed E-state index contributed by atoms with van der Waals surface area (Å²) >= 11 is 2.99. The zero-order chi connectivity index (χ0) is 12.6. The summed E-state index contributed by atoms with van der Waals surface area (Å²) in [5, 5.41) is 19.9. The Morgan fingerprint density at radius 1 is 1.35 bits per heavy atom. The quantitative estimate of drug-likeness (QED) is 0.589. The molecule has 0 fully saturated rings. The number of allylic oxidation sites excluding steroid dienone is 1. The normalized spacial score (nSPS) is 12.5. The number of hydrogen-bond donors (Lipinski definition) is 1. The van der Waals surface area contributed by atoms with Crippen molar-refractivity contribution in [2.45, 2.75) is 0 Å². The third-order valence-corrected chi connectivity index (χ3v) is 2.89. The summed E-state index contributed by atoms with van der Waals surface area (Å²) in [6.07, 6.45) is 0. The molecule has 0 saturated carbocycles. The molecule has 0 unspecified atom stereocenters. The first-order valence-electron chi connectivity index (χ1n) is 4.43. The number of carbonyl (C=O) groups is 1. The lowest BCUT2D eigenvalue weighted by molar-refractivity contribution is -0.110. The van der Waals surface area contributed by atoms with Gasteiger partial charge >= 0.3 is 0 Å². The molecule has 1 aliphatic heterocycles. The molecule has 0 radical (unpaired) electrons. The fourth-order valence-corrected chi connectivity index (χ4v) is 1.89. The van der Waals surface area contributed by atoms with Crippen LogP contribution in [0.25, 0.3) is 5.57 Å². The van der Waals surface area contributed by atoms with E-state index < -0.39 is 11.7 Å². The number of nitrogens with zero attached hydrogens (tertiary/aromatic N) is 2. The molecule has 0 saturated heterocycles. The van der Waals surface area contributed by atoms with Crippen molar-refractivity contribution in [2.24, 2.45) is 0 Å². The van der Waals surface area contributed by atoms with Crippen molar-refractivity contribution >= 4 is 33.1 Å². The third kappa shape index (κ3) is 1.69. The Morgan fingerprint density at radius 3 is 2.59 bits per heavy atom. The minimum absolute atomic E-state index is 0.0225. The maximum absolute atomic E-state index is 13.2. The summed E-state index contributed by atoms with van der Waals surface area (Å²) in [5.41, 5.74) is 0.292. The zero-order valence-electron chi connectivity index (χ0n) is 8.21. The second-order valence-corrected chi connectivity index (χ2v) is 4.09. The topological polar surface area (TPSA) is 76.7 Å². The molecule has 1 heterocycles. The number of halogens is 2. The Bertz CT molecular complexity index is 636. The molecule has 1 aromatic carbocycles. The van der Waals surface area contributed by atoms with Crippen molar-refractivity contribution in [3.05, 3.63) is 33.6 Å². The predicted octanol–water partition coefficient (Wildman–Crippen LogP) is 2.34. The summed E-state index contributed by atoms with van der Waals surface area (Å²) in [5.74, 6) is -1.10.